The maximum absolute atomic E-state index is 12.6. The number of thiazole rings is 1. The number of amides is 1. The Morgan fingerprint density at radius 3 is 2.59 bits per heavy atom. The number of aromatic nitrogens is 1. The summed E-state index contributed by atoms with van der Waals surface area (Å²) in [5.74, 6) is -1.18. The van der Waals surface area contributed by atoms with Gasteiger partial charge in [0.15, 0.2) is 14.0 Å². The van der Waals surface area contributed by atoms with Crippen molar-refractivity contribution in [2.75, 3.05) is 13.7 Å². The molecule has 34 heavy (non-hydrogen) atoms. The number of aliphatic hydroxyl groups excluding tert-OH is 1. The number of hydrogen-bond donors (Lipinski definition) is 1. The molecular formula is C23H32N2O5S3Si. The molecule has 3 rings (SSSR count). The second-order valence-corrected chi connectivity index (χ2v) is 18.0. The van der Waals surface area contributed by atoms with E-state index in [9.17, 15) is 14.7 Å². The molecule has 1 amide bonds. The van der Waals surface area contributed by atoms with E-state index < -0.39 is 14.3 Å². The fourth-order valence-electron chi connectivity index (χ4n) is 3.18. The Balaban J connectivity index is 1.70. The summed E-state index contributed by atoms with van der Waals surface area (Å²) in [6.45, 7) is 14.9. The third kappa shape index (κ3) is 5.48. The third-order valence-corrected chi connectivity index (χ3v) is 14.6. The molecule has 0 unspecified atom stereocenters. The van der Waals surface area contributed by atoms with Gasteiger partial charge < -0.3 is 19.2 Å². The highest BCUT2D eigenvalue weighted by molar-refractivity contribution is 8.77. The van der Waals surface area contributed by atoms with Gasteiger partial charge in [0, 0.05) is 11.4 Å². The summed E-state index contributed by atoms with van der Waals surface area (Å²) in [4.78, 5) is 31.7. The maximum Gasteiger partial charge on any atom is 0.358 e. The van der Waals surface area contributed by atoms with Crippen molar-refractivity contribution < 1.29 is 23.9 Å². The average Bonchev–Trinajstić information content (AvgIpc) is 3.19. The minimum Gasteiger partial charge on any atom is -0.510 e. The summed E-state index contributed by atoms with van der Waals surface area (Å²) in [5, 5.41) is 10.6. The molecule has 1 fully saturated rings. The van der Waals surface area contributed by atoms with Crippen LogP contribution in [0.15, 0.2) is 34.6 Å². The fourth-order valence-corrected chi connectivity index (χ4v) is 8.15. The SMILES string of the molecule is COC(=O)C(=C(C)O)N1C[C@@H](SSc2cccc3sc([C@@H](C)O[Si](C)(C)C(C)(C)C)nc23)C1=O. The monoisotopic (exact) mass is 540 g/mol. The summed E-state index contributed by atoms with van der Waals surface area (Å²) < 4.78 is 12.3. The van der Waals surface area contributed by atoms with E-state index in [2.05, 4.69) is 51.6 Å². The van der Waals surface area contributed by atoms with Crippen molar-refractivity contribution in [2.24, 2.45) is 0 Å². The zero-order valence-corrected chi connectivity index (χ0v) is 24.2. The van der Waals surface area contributed by atoms with Crippen molar-refractivity contribution >= 4 is 63.3 Å². The summed E-state index contributed by atoms with van der Waals surface area (Å²) in [5.41, 5.74) is 0.812. The lowest BCUT2D eigenvalue weighted by Gasteiger charge is -2.38. The molecule has 1 aromatic carbocycles. The van der Waals surface area contributed by atoms with Crippen LogP contribution in [0.25, 0.3) is 10.2 Å². The Bertz CT molecular complexity index is 1120. The van der Waals surface area contributed by atoms with Gasteiger partial charge in [-0.05, 0) is 44.1 Å². The number of fused-ring (bicyclic) bond motifs is 1. The smallest absolute Gasteiger partial charge is 0.358 e. The normalized spacial score (nSPS) is 18.5. The zero-order valence-electron chi connectivity index (χ0n) is 20.8. The van der Waals surface area contributed by atoms with Crippen LogP contribution in [-0.4, -0.2) is 54.1 Å². The lowest BCUT2D eigenvalue weighted by atomic mass is 10.1. The molecule has 2 aromatic rings. The van der Waals surface area contributed by atoms with Crippen LogP contribution < -0.4 is 0 Å². The highest BCUT2D eigenvalue weighted by Gasteiger charge is 2.43. The number of nitrogens with zero attached hydrogens (tertiary/aromatic N) is 2. The van der Waals surface area contributed by atoms with E-state index in [0.29, 0.717) is 6.54 Å². The van der Waals surface area contributed by atoms with E-state index >= 15 is 0 Å². The van der Waals surface area contributed by atoms with E-state index in [4.69, 9.17) is 9.41 Å². The predicted molar refractivity (Wildman–Crippen MR) is 143 cm³/mol. The number of rotatable bonds is 8. The van der Waals surface area contributed by atoms with Gasteiger partial charge >= 0.3 is 5.97 Å². The quantitative estimate of drug-likeness (QED) is 0.104. The number of para-hydroxylation sites is 1. The Morgan fingerprint density at radius 2 is 2.03 bits per heavy atom. The Kier molecular flexibility index (Phi) is 8.13. The van der Waals surface area contributed by atoms with Crippen LogP contribution in [0, 0.1) is 0 Å². The molecule has 1 N–H and O–H groups in total. The Hall–Kier alpha value is -1.53. The largest absolute Gasteiger partial charge is 0.510 e. The summed E-state index contributed by atoms with van der Waals surface area (Å²) in [7, 11) is 2.23. The predicted octanol–water partition coefficient (Wildman–Crippen LogP) is 6.29. The molecule has 0 bridgehead atoms. The van der Waals surface area contributed by atoms with Gasteiger partial charge in [0.2, 0.25) is 5.91 Å². The van der Waals surface area contributed by atoms with E-state index in [1.54, 1.807) is 11.3 Å². The first-order valence-electron chi connectivity index (χ1n) is 11.0. The molecule has 7 nitrogen and oxygen atoms in total. The molecule has 0 spiro atoms. The number of hydrogen-bond acceptors (Lipinski definition) is 9. The number of esters is 1. The van der Waals surface area contributed by atoms with Crippen molar-refractivity contribution in [1.29, 1.82) is 0 Å². The van der Waals surface area contributed by atoms with Gasteiger partial charge in [-0.15, -0.1) is 11.3 Å². The van der Waals surface area contributed by atoms with E-state index in [0.717, 1.165) is 20.1 Å². The minimum atomic E-state index is -1.92. The van der Waals surface area contributed by atoms with Gasteiger partial charge in [0.05, 0.1) is 23.4 Å². The van der Waals surface area contributed by atoms with Gasteiger partial charge in [-0.25, -0.2) is 9.78 Å². The first kappa shape index (κ1) is 27.1. The molecule has 1 aliphatic rings. The number of β-lactam (4-membered cyclic amide) rings is 1. The summed E-state index contributed by atoms with van der Waals surface area (Å²) in [6.07, 6.45) is -0.0872. The number of methoxy groups -OCH3 is 1. The van der Waals surface area contributed by atoms with Gasteiger partial charge in [-0.1, -0.05) is 48.4 Å². The summed E-state index contributed by atoms with van der Waals surface area (Å²) >= 11 is 1.64. The van der Waals surface area contributed by atoms with Crippen molar-refractivity contribution in [2.45, 2.75) is 69.0 Å². The number of likely N-dealkylation sites (tertiary alicyclic amines) is 1. The number of carbonyl (C=O) groups excluding carboxylic acids is 2. The average molecular weight is 541 g/mol. The molecule has 1 aromatic heterocycles. The van der Waals surface area contributed by atoms with E-state index in [1.807, 2.05) is 12.1 Å². The summed E-state index contributed by atoms with van der Waals surface area (Å²) in [6, 6.07) is 6.05. The topological polar surface area (TPSA) is 89.0 Å². The number of benzene rings is 1. The first-order valence-corrected chi connectivity index (χ1v) is 16.9. The zero-order chi connectivity index (χ0) is 25.4. The van der Waals surface area contributed by atoms with Crippen LogP contribution in [0.1, 0.15) is 45.7 Å². The van der Waals surface area contributed by atoms with Crippen molar-refractivity contribution in [3.05, 3.63) is 34.7 Å². The molecule has 186 valence electrons. The van der Waals surface area contributed by atoms with Crippen molar-refractivity contribution in [3.8, 4) is 0 Å². The molecule has 2 atom stereocenters. The van der Waals surface area contributed by atoms with Crippen molar-refractivity contribution in [3.63, 3.8) is 0 Å². The van der Waals surface area contributed by atoms with E-state index in [-0.39, 0.29) is 33.8 Å². The number of aliphatic hydroxyl groups is 1. The van der Waals surface area contributed by atoms with Crippen LogP contribution in [0.3, 0.4) is 0 Å². The van der Waals surface area contributed by atoms with E-state index in [1.165, 1.54) is 40.5 Å². The first-order chi connectivity index (χ1) is 15.8. The highest BCUT2D eigenvalue weighted by atomic mass is 33.1. The number of carbonyl (C=O) groups is 2. The van der Waals surface area contributed by atoms with Crippen molar-refractivity contribution in [1.82, 2.24) is 9.88 Å². The number of allylic oxidation sites excluding steroid dienone is 1. The molecule has 0 radical (unpaired) electrons. The second kappa shape index (κ2) is 10.2. The molecule has 0 aliphatic carbocycles. The van der Waals surface area contributed by atoms with Crippen LogP contribution in [-0.2, 0) is 18.8 Å². The Morgan fingerprint density at radius 1 is 1.35 bits per heavy atom. The van der Waals surface area contributed by atoms with Gasteiger partial charge in [0.25, 0.3) is 0 Å². The van der Waals surface area contributed by atoms with Crippen LogP contribution >= 0.6 is 32.9 Å². The highest BCUT2D eigenvalue weighted by Crippen LogP contribution is 2.45. The standard InChI is InChI=1S/C23H32N2O5S3Si/c1-13(26)19(22(28)29-6)25-12-17(21(25)27)33-32-16-11-9-10-15-18(16)24-20(31-15)14(2)30-34(7,8)23(3,4)5/h9-11,14,17,26H,12H2,1-8H3/t14-,17-/m1/s1. The molecule has 2 heterocycles. The van der Waals surface area contributed by atoms with Crippen LogP contribution in [0.4, 0.5) is 0 Å². The molecular weight excluding hydrogens is 509 g/mol. The maximum atomic E-state index is 12.6. The fraction of sp³-hybridized carbons (Fsp3) is 0.522. The minimum absolute atomic E-state index is 0.0872. The van der Waals surface area contributed by atoms with Gasteiger partial charge in [0.1, 0.15) is 16.0 Å². The number of ether oxygens (including phenoxy) is 1. The second-order valence-electron chi connectivity index (χ2n) is 9.72. The molecule has 0 saturated carbocycles. The Labute approximate surface area is 213 Å². The third-order valence-electron chi connectivity index (χ3n) is 6.16. The molecule has 11 heteroatoms. The van der Waals surface area contributed by atoms with Gasteiger partial charge in [-0.3, -0.25) is 4.79 Å². The lowest BCUT2D eigenvalue weighted by Crippen LogP contribution is -2.55. The molecule has 1 saturated heterocycles. The lowest BCUT2D eigenvalue weighted by molar-refractivity contribution is -0.146. The van der Waals surface area contributed by atoms with Crippen LogP contribution in [0.2, 0.25) is 18.1 Å². The van der Waals surface area contributed by atoms with Gasteiger partial charge in [-0.2, -0.15) is 0 Å². The molecule has 1 aliphatic heterocycles. The van der Waals surface area contributed by atoms with Crippen LogP contribution in [0.5, 0.6) is 0 Å².